The first-order chi connectivity index (χ1) is 14.1. The van der Waals surface area contributed by atoms with E-state index in [0.717, 1.165) is 5.69 Å². The van der Waals surface area contributed by atoms with Crippen molar-refractivity contribution in [3.05, 3.63) is 65.9 Å². The largest absolute Gasteiger partial charge is 0.486 e. The molecule has 4 rings (SSSR count). The lowest BCUT2D eigenvalue weighted by Gasteiger charge is -2.18. The summed E-state index contributed by atoms with van der Waals surface area (Å²) in [4.78, 5) is 23.7. The number of anilines is 3. The number of hydrogen-bond acceptors (Lipinski definition) is 7. The average molecular weight is 390 g/mol. The van der Waals surface area contributed by atoms with E-state index in [4.69, 9.17) is 9.47 Å². The van der Waals surface area contributed by atoms with Crippen LogP contribution in [0.25, 0.3) is 0 Å². The molecule has 146 valence electrons. The average Bonchev–Trinajstić information content (AvgIpc) is 2.74. The van der Waals surface area contributed by atoms with Gasteiger partial charge in [0.05, 0.1) is 0 Å². The zero-order chi connectivity index (χ0) is 20.2. The molecule has 3 aromatic rings. The van der Waals surface area contributed by atoms with Gasteiger partial charge >= 0.3 is 0 Å². The summed E-state index contributed by atoms with van der Waals surface area (Å²) in [6.45, 7) is 2.50. The van der Waals surface area contributed by atoms with Crippen molar-refractivity contribution in [2.75, 3.05) is 23.8 Å². The molecule has 8 nitrogen and oxygen atoms in total. The van der Waals surface area contributed by atoms with Crippen LogP contribution in [0.1, 0.15) is 27.8 Å². The van der Waals surface area contributed by atoms with E-state index in [1.165, 1.54) is 6.92 Å². The van der Waals surface area contributed by atoms with Crippen LogP contribution in [-0.4, -0.2) is 35.1 Å². The van der Waals surface area contributed by atoms with E-state index < -0.39 is 0 Å². The monoisotopic (exact) mass is 390 g/mol. The minimum atomic E-state index is -0.383. The predicted molar refractivity (Wildman–Crippen MR) is 107 cm³/mol. The highest BCUT2D eigenvalue weighted by molar-refractivity contribution is 6.03. The van der Waals surface area contributed by atoms with Gasteiger partial charge in [0.2, 0.25) is 0 Å². The summed E-state index contributed by atoms with van der Waals surface area (Å²) in [5.74, 6) is 1.35. The van der Waals surface area contributed by atoms with Gasteiger partial charge in [-0.15, -0.1) is 10.2 Å². The first kappa shape index (κ1) is 18.4. The molecule has 0 bridgehead atoms. The standard InChI is InChI=1S/C21H18N4O4/c1-13(26)14-2-4-15(5-3-14)22-20-9-7-17(24-25-20)21(27)23-16-6-8-18-19(12-16)29-11-10-28-18/h2-9,12H,10-11H2,1H3,(H,22,25)(H,23,27). The Balaban J connectivity index is 1.40. The van der Waals surface area contributed by atoms with Gasteiger partial charge in [0.25, 0.3) is 5.91 Å². The van der Waals surface area contributed by atoms with Crippen molar-refractivity contribution in [1.29, 1.82) is 0 Å². The number of nitrogens with zero attached hydrogens (tertiary/aromatic N) is 2. The number of ether oxygens (including phenoxy) is 2. The Morgan fingerprint density at radius 2 is 1.59 bits per heavy atom. The van der Waals surface area contributed by atoms with Crippen LogP contribution in [-0.2, 0) is 0 Å². The van der Waals surface area contributed by atoms with Gasteiger partial charge in [0, 0.05) is 23.0 Å². The van der Waals surface area contributed by atoms with Crippen molar-refractivity contribution in [3.8, 4) is 11.5 Å². The topological polar surface area (TPSA) is 102 Å². The number of hydrogen-bond donors (Lipinski definition) is 2. The van der Waals surface area contributed by atoms with Gasteiger partial charge in [-0.2, -0.15) is 0 Å². The molecule has 0 aliphatic carbocycles. The number of nitrogens with one attached hydrogen (secondary N) is 2. The highest BCUT2D eigenvalue weighted by Crippen LogP contribution is 2.32. The number of Topliss-reactive ketones (excluding diaryl/α,β-unsaturated/α-hetero) is 1. The first-order valence-electron chi connectivity index (χ1n) is 9.01. The summed E-state index contributed by atoms with van der Waals surface area (Å²) in [6, 6.07) is 15.4. The van der Waals surface area contributed by atoms with Crippen LogP contribution in [0.5, 0.6) is 11.5 Å². The minimum Gasteiger partial charge on any atom is -0.486 e. The second kappa shape index (κ2) is 7.97. The van der Waals surface area contributed by atoms with Gasteiger partial charge in [-0.05, 0) is 55.5 Å². The molecule has 0 saturated carbocycles. The second-order valence-electron chi connectivity index (χ2n) is 6.37. The maximum Gasteiger partial charge on any atom is 0.276 e. The van der Waals surface area contributed by atoms with E-state index in [-0.39, 0.29) is 17.4 Å². The molecule has 0 unspecified atom stereocenters. The number of carbonyl (C=O) groups is 2. The summed E-state index contributed by atoms with van der Waals surface area (Å²) in [6.07, 6.45) is 0. The molecule has 1 amide bonds. The van der Waals surface area contributed by atoms with E-state index in [2.05, 4.69) is 20.8 Å². The molecule has 2 aromatic carbocycles. The predicted octanol–water partition coefficient (Wildman–Crippen LogP) is 3.45. The maximum atomic E-state index is 12.4. The van der Waals surface area contributed by atoms with Gasteiger partial charge in [-0.3, -0.25) is 9.59 Å². The summed E-state index contributed by atoms with van der Waals surface area (Å²) >= 11 is 0. The molecular formula is C21H18N4O4. The molecule has 1 aromatic heterocycles. The van der Waals surface area contributed by atoms with Crippen LogP contribution in [0.2, 0.25) is 0 Å². The molecule has 0 radical (unpaired) electrons. The van der Waals surface area contributed by atoms with Crippen molar-refractivity contribution in [1.82, 2.24) is 10.2 Å². The van der Waals surface area contributed by atoms with E-state index in [9.17, 15) is 9.59 Å². The van der Waals surface area contributed by atoms with Gasteiger partial charge in [0.1, 0.15) is 13.2 Å². The Kier molecular flexibility index (Phi) is 5.07. The maximum absolute atomic E-state index is 12.4. The number of benzene rings is 2. The van der Waals surface area contributed by atoms with E-state index in [0.29, 0.717) is 41.8 Å². The molecular weight excluding hydrogens is 372 g/mol. The third-order valence-corrected chi connectivity index (χ3v) is 4.26. The normalized spacial score (nSPS) is 12.2. The number of carbonyl (C=O) groups excluding carboxylic acids is 2. The Hall–Kier alpha value is -3.94. The zero-order valence-corrected chi connectivity index (χ0v) is 15.6. The second-order valence-corrected chi connectivity index (χ2v) is 6.37. The number of fused-ring (bicyclic) bond motifs is 1. The Morgan fingerprint density at radius 1 is 0.862 bits per heavy atom. The summed E-state index contributed by atoms with van der Waals surface area (Å²) in [5, 5.41) is 13.8. The molecule has 2 heterocycles. The zero-order valence-electron chi connectivity index (χ0n) is 15.6. The SMILES string of the molecule is CC(=O)c1ccc(Nc2ccc(C(=O)Nc3ccc4c(c3)OCCO4)nn2)cc1. The lowest BCUT2D eigenvalue weighted by Crippen LogP contribution is -2.17. The number of rotatable bonds is 5. The van der Waals surface area contributed by atoms with Crippen LogP contribution in [0.4, 0.5) is 17.2 Å². The molecule has 1 aliphatic heterocycles. The Bertz CT molecular complexity index is 1050. The van der Waals surface area contributed by atoms with E-state index >= 15 is 0 Å². The molecule has 1 aliphatic rings. The summed E-state index contributed by atoms with van der Waals surface area (Å²) in [5.41, 5.74) is 2.15. The molecule has 2 N–H and O–H groups in total. The van der Waals surface area contributed by atoms with Crippen LogP contribution in [0, 0.1) is 0 Å². The van der Waals surface area contributed by atoms with Gasteiger partial charge in [-0.1, -0.05) is 0 Å². The molecule has 29 heavy (non-hydrogen) atoms. The Morgan fingerprint density at radius 3 is 2.28 bits per heavy atom. The van der Waals surface area contributed by atoms with Crippen molar-refractivity contribution < 1.29 is 19.1 Å². The quantitative estimate of drug-likeness (QED) is 0.643. The highest BCUT2D eigenvalue weighted by Gasteiger charge is 2.14. The van der Waals surface area contributed by atoms with Crippen LogP contribution < -0.4 is 20.1 Å². The first-order valence-corrected chi connectivity index (χ1v) is 9.01. The molecule has 0 spiro atoms. The molecule has 8 heteroatoms. The van der Waals surface area contributed by atoms with E-state index in [1.54, 1.807) is 54.6 Å². The van der Waals surface area contributed by atoms with E-state index in [1.807, 2.05) is 0 Å². The number of amides is 1. The van der Waals surface area contributed by atoms with Crippen molar-refractivity contribution in [3.63, 3.8) is 0 Å². The lowest BCUT2D eigenvalue weighted by molar-refractivity contribution is 0.101. The highest BCUT2D eigenvalue weighted by atomic mass is 16.6. The summed E-state index contributed by atoms with van der Waals surface area (Å²) < 4.78 is 11.0. The minimum absolute atomic E-state index is 0.00437. The van der Waals surface area contributed by atoms with Crippen molar-refractivity contribution >= 4 is 28.9 Å². The van der Waals surface area contributed by atoms with Crippen molar-refractivity contribution in [2.24, 2.45) is 0 Å². The van der Waals surface area contributed by atoms with Crippen LogP contribution >= 0.6 is 0 Å². The fourth-order valence-electron chi connectivity index (χ4n) is 2.77. The Labute approximate surface area is 166 Å². The van der Waals surface area contributed by atoms with Crippen molar-refractivity contribution in [2.45, 2.75) is 6.92 Å². The van der Waals surface area contributed by atoms with Gasteiger partial charge < -0.3 is 20.1 Å². The molecule has 0 fully saturated rings. The fourth-order valence-corrected chi connectivity index (χ4v) is 2.77. The fraction of sp³-hybridized carbons (Fsp3) is 0.143. The third kappa shape index (κ3) is 4.32. The smallest absolute Gasteiger partial charge is 0.276 e. The van der Waals surface area contributed by atoms with Crippen LogP contribution in [0.3, 0.4) is 0 Å². The number of aromatic nitrogens is 2. The van der Waals surface area contributed by atoms with Gasteiger partial charge in [-0.25, -0.2) is 0 Å². The third-order valence-electron chi connectivity index (χ3n) is 4.26. The number of ketones is 1. The van der Waals surface area contributed by atoms with Gasteiger partial charge in [0.15, 0.2) is 28.8 Å². The molecule has 0 atom stereocenters. The molecule has 0 saturated heterocycles. The van der Waals surface area contributed by atoms with Crippen LogP contribution in [0.15, 0.2) is 54.6 Å². The lowest BCUT2D eigenvalue weighted by atomic mass is 10.1. The summed E-state index contributed by atoms with van der Waals surface area (Å²) in [7, 11) is 0.